The van der Waals surface area contributed by atoms with Crippen molar-refractivity contribution in [3.8, 4) is 0 Å². The number of halogens is 1. The number of ether oxygens (including phenoxy) is 1. The van der Waals surface area contributed by atoms with Crippen LogP contribution in [0.2, 0.25) is 0 Å². The predicted octanol–water partition coefficient (Wildman–Crippen LogP) is 2.02. The van der Waals surface area contributed by atoms with Crippen LogP contribution in [0.1, 0.15) is 6.42 Å². The van der Waals surface area contributed by atoms with Crippen molar-refractivity contribution in [1.29, 1.82) is 0 Å². The van der Waals surface area contributed by atoms with Crippen molar-refractivity contribution in [2.24, 2.45) is 5.92 Å². The topological polar surface area (TPSA) is 46.6 Å². The summed E-state index contributed by atoms with van der Waals surface area (Å²) in [6.45, 7) is 1.02. The van der Waals surface area contributed by atoms with E-state index >= 15 is 0 Å². The lowest BCUT2D eigenvalue weighted by molar-refractivity contribution is -0.149. The van der Waals surface area contributed by atoms with E-state index in [0.29, 0.717) is 19.5 Å². The number of Topliss-reactive ketones (excluding diaryl/α,β-unsaturated/α-hetero) is 1. The molecule has 96 valence electrons. The fourth-order valence-electron chi connectivity index (χ4n) is 2.11. The summed E-state index contributed by atoms with van der Waals surface area (Å²) < 4.78 is 5.64. The van der Waals surface area contributed by atoms with Gasteiger partial charge in [0.2, 0.25) is 0 Å². The molecule has 0 aliphatic carbocycles. The summed E-state index contributed by atoms with van der Waals surface area (Å²) in [6.07, 6.45) is 0.376. The number of rotatable bonds is 2. The highest BCUT2D eigenvalue weighted by molar-refractivity contribution is 9.10. The lowest BCUT2D eigenvalue weighted by Crippen LogP contribution is -2.44. The number of para-hydroxylation sites is 1. The summed E-state index contributed by atoms with van der Waals surface area (Å²) >= 11 is 3.48. The quantitative estimate of drug-likeness (QED) is 0.619. The van der Waals surface area contributed by atoms with Gasteiger partial charge in [-0.1, -0.05) is 12.1 Å². The van der Waals surface area contributed by atoms with E-state index in [4.69, 9.17) is 0 Å². The number of esters is 1. The minimum absolute atomic E-state index is 0.0369. The molecule has 1 aliphatic rings. The molecule has 0 amide bonds. The number of ketones is 1. The van der Waals surface area contributed by atoms with Gasteiger partial charge in [-0.3, -0.25) is 9.59 Å². The van der Waals surface area contributed by atoms with Crippen molar-refractivity contribution in [3.63, 3.8) is 0 Å². The molecule has 0 radical (unpaired) electrons. The van der Waals surface area contributed by atoms with Crippen molar-refractivity contribution in [1.82, 2.24) is 0 Å². The second-order valence-corrected chi connectivity index (χ2v) is 5.04. The van der Waals surface area contributed by atoms with Gasteiger partial charge in [0.25, 0.3) is 0 Å². The van der Waals surface area contributed by atoms with Crippen LogP contribution in [0.4, 0.5) is 5.69 Å². The van der Waals surface area contributed by atoms with Gasteiger partial charge in [0.15, 0.2) is 5.78 Å². The van der Waals surface area contributed by atoms with Gasteiger partial charge in [-0.25, -0.2) is 0 Å². The number of hydrogen-bond donors (Lipinski definition) is 0. The van der Waals surface area contributed by atoms with Crippen molar-refractivity contribution in [2.45, 2.75) is 6.42 Å². The van der Waals surface area contributed by atoms with Gasteiger partial charge in [-0.2, -0.15) is 0 Å². The first-order valence-electron chi connectivity index (χ1n) is 5.73. The van der Waals surface area contributed by atoms with Crippen LogP contribution in [-0.4, -0.2) is 32.0 Å². The van der Waals surface area contributed by atoms with Gasteiger partial charge in [-0.05, 0) is 28.1 Å². The predicted molar refractivity (Wildman–Crippen MR) is 71.5 cm³/mol. The smallest absolute Gasteiger partial charge is 0.318 e. The molecule has 2 rings (SSSR count). The number of piperidine rings is 1. The Kier molecular flexibility index (Phi) is 4.01. The standard InChI is InChI=1S/C13H14BrNO3/c1-18-13(17)9-8-15(7-6-12(9)16)11-5-3-2-4-10(11)14/h2-5,9H,6-8H2,1H3. The molecule has 1 aromatic rings. The number of hydrogen-bond acceptors (Lipinski definition) is 4. The summed E-state index contributed by atoms with van der Waals surface area (Å²) in [5, 5.41) is 0. The minimum atomic E-state index is -0.671. The van der Waals surface area contributed by atoms with Crippen LogP contribution in [0.25, 0.3) is 0 Å². The van der Waals surface area contributed by atoms with E-state index in [9.17, 15) is 9.59 Å². The minimum Gasteiger partial charge on any atom is -0.468 e. The lowest BCUT2D eigenvalue weighted by atomic mass is 9.96. The first-order chi connectivity index (χ1) is 8.63. The number of carbonyl (C=O) groups is 2. The zero-order valence-corrected chi connectivity index (χ0v) is 11.6. The fraction of sp³-hybridized carbons (Fsp3) is 0.385. The van der Waals surface area contributed by atoms with Crippen LogP contribution < -0.4 is 4.90 Å². The van der Waals surface area contributed by atoms with Crippen molar-refractivity contribution in [3.05, 3.63) is 28.7 Å². The van der Waals surface area contributed by atoms with Gasteiger partial charge in [0.05, 0.1) is 12.8 Å². The molecule has 1 fully saturated rings. The molecule has 0 aromatic heterocycles. The molecule has 1 heterocycles. The zero-order valence-electron chi connectivity index (χ0n) is 10.1. The molecule has 1 atom stereocenters. The average molecular weight is 312 g/mol. The molecular formula is C13H14BrNO3. The monoisotopic (exact) mass is 311 g/mol. The summed E-state index contributed by atoms with van der Waals surface area (Å²) in [6, 6.07) is 7.78. The van der Waals surface area contributed by atoms with E-state index in [1.807, 2.05) is 29.2 Å². The number of nitrogens with zero attached hydrogens (tertiary/aromatic N) is 1. The maximum atomic E-state index is 11.7. The molecule has 1 unspecified atom stereocenters. The Labute approximate surface area is 114 Å². The lowest BCUT2D eigenvalue weighted by Gasteiger charge is -2.32. The molecule has 0 N–H and O–H groups in total. The van der Waals surface area contributed by atoms with Gasteiger partial charge in [0.1, 0.15) is 5.92 Å². The van der Waals surface area contributed by atoms with Crippen LogP contribution in [-0.2, 0) is 14.3 Å². The van der Waals surface area contributed by atoms with E-state index in [2.05, 4.69) is 20.7 Å². The van der Waals surface area contributed by atoms with E-state index in [1.54, 1.807) is 0 Å². The van der Waals surface area contributed by atoms with E-state index < -0.39 is 11.9 Å². The van der Waals surface area contributed by atoms with Crippen LogP contribution in [0.5, 0.6) is 0 Å². The molecule has 1 aromatic carbocycles. The highest BCUT2D eigenvalue weighted by atomic mass is 79.9. The first-order valence-corrected chi connectivity index (χ1v) is 6.53. The second kappa shape index (κ2) is 5.52. The molecule has 0 spiro atoms. The highest BCUT2D eigenvalue weighted by Crippen LogP contribution is 2.29. The molecule has 1 saturated heterocycles. The molecular weight excluding hydrogens is 298 g/mol. The Bertz CT molecular complexity index is 467. The summed E-state index contributed by atoms with van der Waals surface area (Å²) in [4.78, 5) is 25.3. The van der Waals surface area contributed by atoms with E-state index in [1.165, 1.54) is 7.11 Å². The normalized spacial score (nSPS) is 19.8. The fourth-order valence-corrected chi connectivity index (χ4v) is 2.64. The Hall–Kier alpha value is -1.36. The number of anilines is 1. The van der Waals surface area contributed by atoms with Crippen molar-refractivity contribution in [2.75, 3.05) is 25.1 Å². The molecule has 5 heteroatoms. The number of methoxy groups -OCH3 is 1. The van der Waals surface area contributed by atoms with E-state index in [-0.39, 0.29) is 5.78 Å². The third kappa shape index (κ3) is 2.56. The van der Waals surface area contributed by atoms with Gasteiger partial charge < -0.3 is 9.64 Å². The maximum absolute atomic E-state index is 11.7. The molecule has 0 saturated carbocycles. The van der Waals surface area contributed by atoms with Gasteiger partial charge in [0, 0.05) is 24.0 Å². The molecule has 0 bridgehead atoms. The van der Waals surface area contributed by atoms with Crippen molar-refractivity contribution >= 4 is 33.4 Å². The Morgan fingerprint density at radius 2 is 2.17 bits per heavy atom. The summed E-state index contributed by atoms with van der Waals surface area (Å²) in [5.74, 6) is -1.15. The third-order valence-corrected chi connectivity index (χ3v) is 3.77. The number of carbonyl (C=O) groups excluding carboxylic acids is 2. The Morgan fingerprint density at radius 3 is 2.83 bits per heavy atom. The molecule has 1 aliphatic heterocycles. The van der Waals surface area contributed by atoms with Gasteiger partial charge in [-0.15, -0.1) is 0 Å². The maximum Gasteiger partial charge on any atom is 0.318 e. The summed E-state index contributed by atoms with van der Waals surface area (Å²) in [7, 11) is 1.31. The SMILES string of the molecule is COC(=O)C1CN(c2ccccc2Br)CCC1=O. The summed E-state index contributed by atoms with van der Waals surface area (Å²) in [5.41, 5.74) is 0.999. The van der Waals surface area contributed by atoms with E-state index in [0.717, 1.165) is 10.2 Å². The molecule has 4 nitrogen and oxygen atoms in total. The zero-order chi connectivity index (χ0) is 13.1. The van der Waals surface area contributed by atoms with Crippen LogP contribution in [0.3, 0.4) is 0 Å². The van der Waals surface area contributed by atoms with Crippen LogP contribution >= 0.6 is 15.9 Å². The van der Waals surface area contributed by atoms with Gasteiger partial charge >= 0.3 is 5.97 Å². The Morgan fingerprint density at radius 1 is 1.44 bits per heavy atom. The van der Waals surface area contributed by atoms with Crippen LogP contribution in [0.15, 0.2) is 28.7 Å². The third-order valence-electron chi connectivity index (χ3n) is 3.10. The average Bonchev–Trinajstić information content (AvgIpc) is 2.39. The highest BCUT2D eigenvalue weighted by Gasteiger charge is 2.34. The number of benzene rings is 1. The van der Waals surface area contributed by atoms with Crippen molar-refractivity contribution < 1.29 is 14.3 Å². The van der Waals surface area contributed by atoms with Crippen LogP contribution in [0, 0.1) is 5.92 Å². The first kappa shape index (κ1) is 13.1. The molecule has 18 heavy (non-hydrogen) atoms. The second-order valence-electron chi connectivity index (χ2n) is 4.19. The largest absolute Gasteiger partial charge is 0.468 e. The Balaban J connectivity index is 2.20.